The summed E-state index contributed by atoms with van der Waals surface area (Å²) in [5.74, 6) is 1.32. The molecular formula is C20H31N5. The molecule has 2 heterocycles. The second-order valence-corrected chi connectivity index (χ2v) is 7.53. The van der Waals surface area contributed by atoms with Crippen LogP contribution in [0, 0.1) is 17.2 Å². The molecule has 1 aromatic heterocycles. The van der Waals surface area contributed by atoms with Gasteiger partial charge >= 0.3 is 0 Å². The van der Waals surface area contributed by atoms with Crippen molar-refractivity contribution in [3.05, 3.63) is 22.9 Å². The largest absolute Gasteiger partial charge is 0.369 e. The molecule has 0 spiro atoms. The summed E-state index contributed by atoms with van der Waals surface area (Å²) in [4.78, 5) is 9.84. The Morgan fingerprint density at radius 2 is 1.92 bits per heavy atom. The summed E-state index contributed by atoms with van der Waals surface area (Å²) in [5.41, 5.74) is 3.16. The molecular weight excluding hydrogens is 310 g/mol. The molecule has 1 aromatic rings. The summed E-state index contributed by atoms with van der Waals surface area (Å²) in [6.07, 6.45) is 4.55. The van der Waals surface area contributed by atoms with Crippen LogP contribution in [-0.4, -0.2) is 60.6 Å². The van der Waals surface area contributed by atoms with Crippen LogP contribution < -0.4 is 5.32 Å². The maximum Gasteiger partial charge on any atom is 0.144 e. The number of piperazine rings is 1. The van der Waals surface area contributed by atoms with Gasteiger partial charge in [-0.25, -0.2) is 4.98 Å². The number of nitriles is 1. The van der Waals surface area contributed by atoms with Gasteiger partial charge in [-0.15, -0.1) is 0 Å². The molecule has 1 N–H and O–H groups in total. The zero-order chi connectivity index (χ0) is 17.6. The number of nitrogens with one attached hydrogen (secondary N) is 1. The van der Waals surface area contributed by atoms with E-state index in [4.69, 9.17) is 4.98 Å². The van der Waals surface area contributed by atoms with Gasteiger partial charge in [-0.3, -0.25) is 0 Å². The van der Waals surface area contributed by atoms with E-state index >= 15 is 0 Å². The third-order valence-electron chi connectivity index (χ3n) is 5.52. The molecule has 1 saturated heterocycles. The zero-order valence-electron chi connectivity index (χ0n) is 15.7. The highest BCUT2D eigenvalue weighted by molar-refractivity contribution is 5.54. The first-order chi connectivity index (χ1) is 12.2. The lowest BCUT2D eigenvalue weighted by molar-refractivity contribution is 0.126. The van der Waals surface area contributed by atoms with Gasteiger partial charge in [0.2, 0.25) is 0 Å². The molecule has 25 heavy (non-hydrogen) atoms. The van der Waals surface area contributed by atoms with Crippen LogP contribution in [0.3, 0.4) is 0 Å². The van der Waals surface area contributed by atoms with Crippen LogP contribution in [-0.2, 0) is 12.8 Å². The highest BCUT2D eigenvalue weighted by Gasteiger charge is 2.18. The van der Waals surface area contributed by atoms with Crippen molar-refractivity contribution in [2.45, 2.75) is 39.5 Å². The number of likely N-dealkylation sites (N-methyl/N-ethyl adjacent to an activating group) is 1. The number of aryl methyl sites for hydroxylation is 2. The van der Waals surface area contributed by atoms with Crippen molar-refractivity contribution in [2.24, 2.45) is 5.92 Å². The lowest BCUT2D eigenvalue weighted by Crippen LogP contribution is -2.47. The predicted octanol–water partition coefficient (Wildman–Crippen LogP) is 2.52. The fourth-order valence-corrected chi connectivity index (χ4v) is 3.92. The molecule has 5 heteroatoms. The van der Waals surface area contributed by atoms with E-state index in [1.54, 1.807) is 0 Å². The van der Waals surface area contributed by atoms with Crippen LogP contribution >= 0.6 is 0 Å². The van der Waals surface area contributed by atoms with E-state index in [1.165, 1.54) is 50.3 Å². The van der Waals surface area contributed by atoms with Crippen LogP contribution in [0.25, 0.3) is 0 Å². The molecule has 1 unspecified atom stereocenters. The Kier molecular flexibility index (Phi) is 6.28. The number of rotatable bonds is 6. The third-order valence-corrected chi connectivity index (χ3v) is 5.52. The third kappa shape index (κ3) is 4.71. The maximum atomic E-state index is 9.45. The van der Waals surface area contributed by atoms with Gasteiger partial charge < -0.3 is 15.1 Å². The second kappa shape index (κ2) is 8.64. The Balaban J connectivity index is 1.53. The summed E-state index contributed by atoms with van der Waals surface area (Å²) < 4.78 is 0. The minimum absolute atomic E-state index is 0.539. The molecule has 1 atom stereocenters. The molecule has 1 fully saturated rings. The van der Waals surface area contributed by atoms with Gasteiger partial charge in [0.05, 0.1) is 5.56 Å². The van der Waals surface area contributed by atoms with E-state index in [0.29, 0.717) is 11.5 Å². The van der Waals surface area contributed by atoms with Gasteiger partial charge in [0.1, 0.15) is 11.9 Å². The number of anilines is 1. The Labute approximate surface area is 152 Å². The van der Waals surface area contributed by atoms with Gasteiger partial charge in [0.15, 0.2) is 0 Å². The van der Waals surface area contributed by atoms with E-state index in [2.05, 4.69) is 41.1 Å². The molecule has 5 nitrogen and oxygen atoms in total. The standard InChI is InChI=1S/C20H31N5/c1-3-24-8-10-25(11-9-24)15-16(2)14-22-20-18(13-21)12-17-6-4-5-7-19(17)23-20/h12,16H,3-11,14-15H2,1-2H3,(H,22,23). The van der Waals surface area contributed by atoms with Crippen molar-refractivity contribution >= 4 is 5.82 Å². The fourth-order valence-electron chi connectivity index (χ4n) is 3.92. The first-order valence-corrected chi connectivity index (χ1v) is 9.81. The molecule has 1 aliphatic carbocycles. The molecule has 0 saturated carbocycles. The van der Waals surface area contributed by atoms with Crippen molar-refractivity contribution in [1.82, 2.24) is 14.8 Å². The monoisotopic (exact) mass is 341 g/mol. The zero-order valence-corrected chi connectivity index (χ0v) is 15.7. The quantitative estimate of drug-likeness (QED) is 0.862. The molecule has 0 amide bonds. The first-order valence-electron chi connectivity index (χ1n) is 9.81. The van der Waals surface area contributed by atoms with E-state index in [9.17, 15) is 5.26 Å². The highest BCUT2D eigenvalue weighted by atomic mass is 15.3. The number of hydrogen-bond acceptors (Lipinski definition) is 5. The molecule has 3 rings (SSSR count). The van der Waals surface area contributed by atoms with E-state index in [-0.39, 0.29) is 0 Å². The molecule has 2 aliphatic rings. The molecule has 0 aromatic carbocycles. The average Bonchev–Trinajstić information content (AvgIpc) is 2.66. The summed E-state index contributed by atoms with van der Waals surface area (Å²) in [6, 6.07) is 4.38. The summed E-state index contributed by atoms with van der Waals surface area (Å²) >= 11 is 0. The Morgan fingerprint density at radius 1 is 1.20 bits per heavy atom. The van der Waals surface area contributed by atoms with Crippen LogP contribution in [0.4, 0.5) is 5.82 Å². The number of fused-ring (bicyclic) bond motifs is 1. The van der Waals surface area contributed by atoms with Gasteiger partial charge in [-0.2, -0.15) is 5.26 Å². The van der Waals surface area contributed by atoms with Crippen molar-refractivity contribution in [3.63, 3.8) is 0 Å². The Morgan fingerprint density at radius 3 is 2.64 bits per heavy atom. The summed E-state index contributed by atoms with van der Waals surface area (Å²) in [5, 5.41) is 12.9. The van der Waals surface area contributed by atoms with Gasteiger partial charge in [0, 0.05) is 45.0 Å². The number of hydrogen-bond donors (Lipinski definition) is 1. The topological polar surface area (TPSA) is 55.2 Å². The average molecular weight is 342 g/mol. The van der Waals surface area contributed by atoms with Crippen LogP contribution in [0.1, 0.15) is 43.5 Å². The summed E-state index contributed by atoms with van der Waals surface area (Å²) in [6.45, 7) is 12.3. The molecule has 0 radical (unpaired) electrons. The fraction of sp³-hybridized carbons (Fsp3) is 0.700. The number of nitrogens with zero attached hydrogens (tertiary/aromatic N) is 4. The molecule has 0 bridgehead atoms. The SMILES string of the molecule is CCN1CCN(CC(C)CNc2nc3c(cc2C#N)CCCC3)CC1. The van der Waals surface area contributed by atoms with Gasteiger partial charge in [0.25, 0.3) is 0 Å². The second-order valence-electron chi connectivity index (χ2n) is 7.53. The Hall–Kier alpha value is -1.64. The van der Waals surface area contributed by atoms with Crippen molar-refractivity contribution in [1.29, 1.82) is 5.26 Å². The summed E-state index contributed by atoms with van der Waals surface area (Å²) in [7, 11) is 0. The van der Waals surface area contributed by atoms with E-state index in [0.717, 1.165) is 38.3 Å². The smallest absolute Gasteiger partial charge is 0.144 e. The van der Waals surface area contributed by atoms with Crippen molar-refractivity contribution in [3.8, 4) is 6.07 Å². The van der Waals surface area contributed by atoms with Crippen LogP contribution in [0.5, 0.6) is 0 Å². The Bertz CT molecular complexity index is 613. The molecule has 1 aliphatic heterocycles. The van der Waals surface area contributed by atoms with Crippen molar-refractivity contribution < 1.29 is 0 Å². The van der Waals surface area contributed by atoms with Crippen molar-refractivity contribution in [2.75, 3.05) is 51.1 Å². The van der Waals surface area contributed by atoms with Crippen LogP contribution in [0.15, 0.2) is 6.07 Å². The lowest BCUT2D eigenvalue weighted by atomic mass is 9.95. The van der Waals surface area contributed by atoms with Gasteiger partial charge in [-0.05, 0) is 49.8 Å². The van der Waals surface area contributed by atoms with Crippen LogP contribution in [0.2, 0.25) is 0 Å². The first kappa shape index (κ1) is 18.2. The van der Waals surface area contributed by atoms with E-state index < -0.39 is 0 Å². The highest BCUT2D eigenvalue weighted by Crippen LogP contribution is 2.24. The maximum absolute atomic E-state index is 9.45. The minimum atomic E-state index is 0.539. The normalized spacial score (nSPS) is 19.9. The molecule has 136 valence electrons. The lowest BCUT2D eigenvalue weighted by Gasteiger charge is -2.35. The van der Waals surface area contributed by atoms with Gasteiger partial charge in [-0.1, -0.05) is 13.8 Å². The van der Waals surface area contributed by atoms with E-state index in [1.807, 2.05) is 0 Å². The number of aromatic nitrogens is 1. The predicted molar refractivity (Wildman–Crippen MR) is 102 cm³/mol. The number of pyridine rings is 1. The minimum Gasteiger partial charge on any atom is -0.369 e.